The highest BCUT2D eigenvalue weighted by Crippen LogP contribution is 2.33. The molecule has 3 atom stereocenters. The van der Waals surface area contributed by atoms with Crippen LogP contribution in [-0.2, 0) is 20.7 Å². The Hall–Kier alpha value is -3.46. The number of anilines is 1. The van der Waals surface area contributed by atoms with Crippen molar-refractivity contribution in [3.63, 3.8) is 0 Å². The molecular weight excluding hydrogens is 496 g/mol. The molecule has 39 heavy (non-hydrogen) atoms. The van der Waals surface area contributed by atoms with Gasteiger partial charge in [0, 0.05) is 37.6 Å². The summed E-state index contributed by atoms with van der Waals surface area (Å²) < 4.78 is 12.4. The van der Waals surface area contributed by atoms with Gasteiger partial charge in [0.2, 0.25) is 11.8 Å². The number of amides is 3. The summed E-state index contributed by atoms with van der Waals surface area (Å²) in [5.41, 5.74) is 2.18. The smallest absolute Gasteiger partial charge is 0.257 e. The maximum absolute atomic E-state index is 13.5. The Bertz CT molecular complexity index is 1170. The fraction of sp³-hybridized carbons (Fsp3) is 0.533. The Kier molecular flexibility index (Phi) is 8.76. The van der Waals surface area contributed by atoms with Crippen LogP contribution in [-0.4, -0.2) is 66.1 Å². The van der Waals surface area contributed by atoms with Crippen molar-refractivity contribution in [3.8, 4) is 5.75 Å². The third-order valence-corrected chi connectivity index (χ3v) is 8.15. The van der Waals surface area contributed by atoms with E-state index in [-0.39, 0.29) is 54.9 Å². The third kappa shape index (κ3) is 6.76. The fourth-order valence-corrected chi connectivity index (χ4v) is 5.89. The number of likely N-dealkylation sites (N-methyl/N-ethyl adjacent to an activating group) is 1. The van der Waals surface area contributed by atoms with Crippen LogP contribution in [0.4, 0.5) is 5.69 Å². The van der Waals surface area contributed by atoms with Crippen LogP contribution in [0.15, 0.2) is 42.7 Å². The summed E-state index contributed by atoms with van der Waals surface area (Å²) in [7, 11) is 1.79. The van der Waals surface area contributed by atoms with Crippen molar-refractivity contribution in [2.24, 2.45) is 5.92 Å². The Morgan fingerprint density at radius 3 is 2.64 bits per heavy atom. The van der Waals surface area contributed by atoms with Gasteiger partial charge in [-0.2, -0.15) is 0 Å². The number of hydrogen-bond donors (Lipinski definition) is 2. The lowest BCUT2D eigenvalue weighted by atomic mass is 9.88. The molecule has 3 heterocycles. The van der Waals surface area contributed by atoms with Gasteiger partial charge in [-0.15, -0.1) is 0 Å². The van der Waals surface area contributed by atoms with Crippen molar-refractivity contribution in [3.05, 3.63) is 53.9 Å². The highest BCUT2D eigenvalue weighted by atomic mass is 16.5. The molecule has 0 bridgehead atoms. The normalized spacial score (nSPS) is 23.5. The number of hydrogen-bond acceptors (Lipinski definition) is 6. The van der Waals surface area contributed by atoms with Crippen LogP contribution in [0.2, 0.25) is 0 Å². The molecule has 3 aliphatic rings. The van der Waals surface area contributed by atoms with Gasteiger partial charge < -0.3 is 25.0 Å². The van der Waals surface area contributed by atoms with Gasteiger partial charge in [-0.25, -0.2) is 0 Å². The summed E-state index contributed by atoms with van der Waals surface area (Å²) in [6, 6.07) is 8.97. The molecule has 1 saturated carbocycles. The predicted molar refractivity (Wildman–Crippen MR) is 146 cm³/mol. The van der Waals surface area contributed by atoms with E-state index in [4.69, 9.17) is 9.47 Å². The second-order valence-corrected chi connectivity index (χ2v) is 10.9. The number of aromatic nitrogens is 1. The number of nitrogens with zero attached hydrogens (tertiary/aromatic N) is 2. The molecule has 9 heteroatoms. The number of fused-ring (bicyclic) bond motifs is 2. The topological polar surface area (TPSA) is 110 Å². The molecule has 2 aromatic rings. The molecule has 9 nitrogen and oxygen atoms in total. The summed E-state index contributed by atoms with van der Waals surface area (Å²) in [5, 5.41) is 5.98. The number of pyridine rings is 1. The van der Waals surface area contributed by atoms with Crippen molar-refractivity contribution in [1.82, 2.24) is 15.2 Å². The molecule has 208 valence electrons. The minimum absolute atomic E-state index is 0.0235. The average Bonchev–Trinajstić information content (AvgIpc) is 2.96. The molecule has 0 spiro atoms. The highest BCUT2D eigenvalue weighted by molar-refractivity contribution is 6.00. The van der Waals surface area contributed by atoms with Crippen molar-refractivity contribution in [2.75, 3.05) is 25.5 Å². The average molecular weight is 535 g/mol. The standard InChI is InChI=1S/C30H38N4O5/c1-34-25-9-8-23(18-28(35)32-16-13-20-11-14-31-15-12-20)39-27(25)19-38-26-10-7-22(17-24(26)30(34)37)33-29(36)21-5-3-2-4-6-21/h7,10-12,14-15,17,21,23,25,27H,2-6,8-9,13,16,18-19H2,1H3,(H,32,35)(H,33,36)/t23-,25-,27-/m0/s1. The number of carbonyl (C=O) groups is 3. The first-order chi connectivity index (χ1) is 19.0. The zero-order valence-corrected chi connectivity index (χ0v) is 22.6. The van der Waals surface area contributed by atoms with Crippen LogP contribution >= 0.6 is 0 Å². The molecule has 5 rings (SSSR count). The quantitative estimate of drug-likeness (QED) is 0.560. The van der Waals surface area contributed by atoms with Gasteiger partial charge >= 0.3 is 0 Å². The lowest BCUT2D eigenvalue weighted by Crippen LogP contribution is -2.54. The lowest BCUT2D eigenvalue weighted by molar-refractivity contribution is -0.134. The van der Waals surface area contributed by atoms with Crippen LogP contribution in [0.25, 0.3) is 0 Å². The predicted octanol–water partition coefficient (Wildman–Crippen LogP) is 3.73. The van der Waals surface area contributed by atoms with Crippen molar-refractivity contribution >= 4 is 23.4 Å². The van der Waals surface area contributed by atoms with Gasteiger partial charge in [-0.1, -0.05) is 19.3 Å². The number of ether oxygens (including phenoxy) is 2. The SMILES string of the molecule is CN1C(=O)c2cc(NC(=O)C3CCCCC3)ccc2OC[C@@H]2O[C@H](CC(=O)NCCc3ccncc3)CC[C@@H]21. The highest BCUT2D eigenvalue weighted by Gasteiger charge is 2.39. The first kappa shape index (κ1) is 27.1. The Balaban J connectivity index is 1.17. The lowest BCUT2D eigenvalue weighted by Gasteiger charge is -2.42. The molecule has 2 N–H and O–H groups in total. The summed E-state index contributed by atoms with van der Waals surface area (Å²) >= 11 is 0. The minimum Gasteiger partial charge on any atom is -0.490 e. The van der Waals surface area contributed by atoms with E-state index in [9.17, 15) is 14.4 Å². The summed E-state index contributed by atoms with van der Waals surface area (Å²) in [6.45, 7) is 0.838. The molecule has 3 amide bonds. The maximum Gasteiger partial charge on any atom is 0.257 e. The van der Waals surface area contributed by atoms with E-state index < -0.39 is 0 Å². The Morgan fingerprint density at radius 2 is 1.85 bits per heavy atom. The molecule has 1 saturated heterocycles. The van der Waals surface area contributed by atoms with Gasteiger partial charge in [0.25, 0.3) is 5.91 Å². The molecule has 1 aromatic heterocycles. The number of nitrogens with one attached hydrogen (secondary N) is 2. The van der Waals surface area contributed by atoms with Gasteiger partial charge in [-0.3, -0.25) is 19.4 Å². The van der Waals surface area contributed by atoms with E-state index in [0.29, 0.717) is 30.0 Å². The summed E-state index contributed by atoms with van der Waals surface area (Å²) in [5.74, 6) is 0.323. The van der Waals surface area contributed by atoms with Crippen molar-refractivity contribution in [2.45, 2.75) is 76.0 Å². The van der Waals surface area contributed by atoms with Crippen LogP contribution in [0.1, 0.15) is 67.3 Å². The number of rotatable bonds is 7. The first-order valence-electron chi connectivity index (χ1n) is 14.1. The fourth-order valence-electron chi connectivity index (χ4n) is 5.89. The van der Waals surface area contributed by atoms with E-state index in [0.717, 1.165) is 44.1 Å². The summed E-state index contributed by atoms with van der Waals surface area (Å²) in [6.07, 6.45) is 10.5. The largest absolute Gasteiger partial charge is 0.490 e. The zero-order chi connectivity index (χ0) is 27.2. The number of carbonyl (C=O) groups excluding carboxylic acids is 3. The molecule has 1 aliphatic carbocycles. The zero-order valence-electron chi connectivity index (χ0n) is 22.6. The van der Waals surface area contributed by atoms with E-state index in [1.807, 2.05) is 12.1 Å². The van der Waals surface area contributed by atoms with Crippen molar-refractivity contribution in [1.29, 1.82) is 0 Å². The van der Waals surface area contributed by atoms with Gasteiger partial charge in [0.15, 0.2) is 0 Å². The molecular formula is C30H38N4O5. The van der Waals surface area contributed by atoms with Gasteiger partial charge in [0.05, 0.1) is 24.1 Å². The number of benzene rings is 1. The molecule has 0 unspecified atom stereocenters. The maximum atomic E-state index is 13.5. The monoisotopic (exact) mass is 534 g/mol. The van der Waals surface area contributed by atoms with Crippen LogP contribution in [0.5, 0.6) is 5.75 Å². The first-order valence-corrected chi connectivity index (χ1v) is 14.1. The molecule has 2 aliphatic heterocycles. The van der Waals surface area contributed by atoms with E-state index >= 15 is 0 Å². The second-order valence-electron chi connectivity index (χ2n) is 10.9. The van der Waals surface area contributed by atoms with E-state index in [1.54, 1.807) is 42.5 Å². The van der Waals surface area contributed by atoms with Crippen LogP contribution < -0.4 is 15.4 Å². The molecule has 0 radical (unpaired) electrons. The van der Waals surface area contributed by atoms with Crippen molar-refractivity contribution < 1.29 is 23.9 Å². The van der Waals surface area contributed by atoms with E-state index in [2.05, 4.69) is 15.6 Å². The summed E-state index contributed by atoms with van der Waals surface area (Å²) in [4.78, 5) is 44.5. The van der Waals surface area contributed by atoms with Crippen LogP contribution in [0, 0.1) is 5.92 Å². The van der Waals surface area contributed by atoms with E-state index in [1.165, 1.54) is 6.42 Å². The van der Waals surface area contributed by atoms with Gasteiger partial charge in [-0.05, 0) is 68.0 Å². The molecule has 1 aromatic carbocycles. The molecule has 2 fully saturated rings. The second kappa shape index (κ2) is 12.6. The van der Waals surface area contributed by atoms with Gasteiger partial charge in [0.1, 0.15) is 18.5 Å². The third-order valence-electron chi connectivity index (χ3n) is 8.15. The van der Waals surface area contributed by atoms with Crippen LogP contribution in [0.3, 0.4) is 0 Å². The Morgan fingerprint density at radius 1 is 1.05 bits per heavy atom. The Labute approximate surface area is 229 Å². The minimum atomic E-state index is -0.332.